The summed E-state index contributed by atoms with van der Waals surface area (Å²) < 4.78 is 0. The first-order valence-corrected chi connectivity index (χ1v) is 9.64. The highest BCUT2D eigenvalue weighted by Gasteiger charge is 2.36. The van der Waals surface area contributed by atoms with E-state index in [1.54, 1.807) is 6.07 Å². The maximum atomic E-state index is 13.1. The third-order valence-corrected chi connectivity index (χ3v) is 5.42. The summed E-state index contributed by atoms with van der Waals surface area (Å²) in [6.45, 7) is 12.0. The van der Waals surface area contributed by atoms with Crippen molar-refractivity contribution in [2.45, 2.75) is 52.5 Å². The first-order chi connectivity index (χ1) is 12.3. The molecule has 3 aliphatic heterocycles. The van der Waals surface area contributed by atoms with Gasteiger partial charge in [0, 0.05) is 37.9 Å². The molecule has 142 valence electrons. The van der Waals surface area contributed by atoms with E-state index in [4.69, 9.17) is 5.73 Å². The van der Waals surface area contributed by atoms with Gasteiger partial charge in [-0.2, -0.15) is 0 Å². The highest BCUT2D eigenvalue weighted by molar-refractivity contribution is 5.92. The van der Waals surface area contributed by atoms with E-state index in [2.05, 4.69) is 34.8 Å². The van der Waals surface area contributed by atoms with Gasteiger partial charge in [0.05, 0.1) is 0 Å². The molecule has 2 N–H and O–H groups in total. The molecule has 1 aromatic rings. The second kappa shape index (κ2) is 7.74. The Morgan fingerprint density at radius 2 is 2.04 bits per heavy atom. The summed E-state index contributed by atoms with van der Waals surface area (Å²) in [5, 5.41) is 0. The van der Waals surface area contributed by atoms with Crippen molar-refractivity contribution in [1.29, 1.82) is 0 Å². The molecule has 3 fully saturated rings. The average molecular weight is 358 g/mol. The minimum Gasteiger partial charge on any atom is -0.368 e. The molecule has 0 saturated carbocycles. The summed E-state index contributed by atoms with van der Waals surface area (Å²) in [6, 6.07) is 2.23. The van der Waals surface area contributed by atoms with E-state index in [1.807, 2.05) is 18.7 Å². The van der Waals surface area contributed by atoms with Crippen LogP contribution in [-0.4, -0.2) is 57.9 Å². The zero-order valence-corrected chi connectivity index (χ0v) is 16.4. The standard InChI is InChI=1S/C20H31N5O/c1-13(2)7-8-24-10-15-5-6-16(24)12-25(11-15)19(26)18-9-17(14(3)4)22-20(21)23-18/h7,9,14-16H,5-6,8,10-12H2,1-4H3,(H2,21,22,23)/t15-,16-/m1/s1. The molecule has 4 rings (SSSR count). The van der Waals surface area contributed by atoms with E-state index in [-0.39, 0.29) is 17.8 Å². The molecule has 3 aliphatic rings. The van der Waals surface area contributed by atoms with Crippen LogP contribution in [0.15, 0.2) is 17.7 Å². The Balaban J connectivity index is 1.78. The van der Waals surface area contributed by atoms with Crippen LogP contribution < -0.4 is 5.73 Å². The number of carbonyl (C=O) groups excluding carboxylic acids is 1. The van der Waals surface area contributed by atoms with Crippen LogP contribution in [0.2, 0.25) is 0 Å². The number of fused-ring (bicyclic) bond motifs is 4. The van der Waals surface area contributed by atoms with Crippen molar-refractivity contribution < 1.29 is 4.79 Å². The summed E-state index contributed by atoms with van der Waals surface area (Å²) in [5.74, 6) is 0.920. The molecule has 26 heavy (non-hydrogen) atoms. The van der Waals surface area contributed by atoms with Crippen LogP contribution in [0.1, 0.15) is 62.6 Å². The van der Waals surface area contributed by atoms with Crippen LogP contribution in [0.5, 0.6) is 0 Å². The van der Waals surface area contributed by atoms with Gasteiger partial charge in [-0.05, 0) is 44.6 Å². The maximum absolute atomic E-state index is 13.1. The van der Waals surface area contributed by atoms with Crippen molar-refractivity contribution in [3.8, 4) is 0 Å². The predicted molar refractivity (Wildman–Crippen MR) is 104 cm³/mol. The number of nitrogens with two attached hydrogens (primary N) is 1. The number of amides is 1. The van der Waals surface area contributed by atoms with E-state index < -0.39 is 0 Å². The van der Waals surface area contributed by atoms with Gasteiger partial charge in [-0.3, -0.25) is 9.69 Å². The number of nitrogen functional groups attached to an aromatic ring is 1. The molecule has 6 heteroatoms. The molecule has 1 amide bonds. The average Bonchev–Trinajstić information content (AvgIpc) is 2.90. The van der Waals surface area contributed by atoms with Crippen LogP contribution >= 0.6 is 0 Å². The molecule has 0 aliphatic carbocycles. The highest BCUT2D eigenvalue weighted by atomic mass is 16.2. The van der Waals surface area contributed by atoms with Gasteiger partial charge >= 0.3 is 0 Å². The van der Waals surface area contributed by atoms with Crippen LogP contribution in [0.3, 0.4) is 0 Å². The molecule has 0 unspecified atom stereocenters. The molecule has 6 nitrogen and oxygen atoms in total. The predicted octanol–water partition coefficient (Wildman–Crippen LogP) is 2.68. The lowest BCUT2D eigenvalue weighted by atomic mass is 9.95. The third kappa shape index (κ3) is 4.23. The summed E-state index contributed by atoms with van der Waals surface area (Å²) >= 11 is 0. The number of hydrogen-bond acceptors (Lipinski definition) is 5. The van der Waals surface area contributed by atoms with Crippen LogP contribution in [0.25, 0.3) is 0 Å². The fourth-order valence-corrected chi connectivity index (χ4v) is 3.92. The number of aromatic nitrogens is 2. The molecule has 0 radical (unpaired) electrons. The number of nitrogens with zero attached hydrogens (tertiary/aromatic N) is 4. The fraction of sp³-hybridized carbons (Fsp3) is 0.650. The zero-order valence-electron chi connectivity index (χ0n) is 16.4. The maximum Gasteiger partial charge on any atom is 0.272 e. The van der Waals surface area contributed by atoms with E-state index in [0.717, 1.165) is 38.3 Å². The largest absolute Gasteiger partial charge is 0.368 e. The minimum absolute atomic E-state index is 0.0121. The van der Waals surface area contributed by atoms with Crippen LogP contribution in [0.4, 0.5) is 5.95 Å². The second-order valence-electron chi connectivity index (χ2n) is 8.23. The van der Waals surface area contributed by atoms with Gasteiger partial charge in [0.25, 0.3) is 5.91 Å². The Labute approximate surface area is 156 Å². The number of anilines is 1. The first-order valence-electron chi connectivity index (χ1n) is 9.64. The number of allylic oxidation sites excluding steroid dienone is 1. The van der Waals surface area contributed by atoms with E-state index in [0.29, 0.717) is 17.7 Å². The van der Waals surface area contributed by atoms with Crippen molar-refractivity contribution in [2.24, 2.45) is 5.92 Å². The lowest BCUT2D eigenvalue weighted by Gasteiger charge is -2.35. The zero-order chi connectivity index (χ0) is 18.8. The number of carbonyl (C=O) groups is 1. The molecular weight excluding hydrogens is 326 g/mol. The SMILES string of the molecule is CC(C)=CCN1C[C@H]2CC[C@@H]1CN(C(=O)c1cc(C(C)C)nc(N)n1)C2. The van der Waals surface area contributed by atoms with E-state index >= 15 is 0 Å². The summed E-state index contributed by atoms with van der Waals surface area (Å²) in [7, 11) is 0. The number of piperidine rings is 1. The van der Waals surface area contributed by atoms with Crippen molar-refractivity contribution >= 4 is 11.9 Å². The molecule has 0 aromatic carbocycles. The molecule has 2 atom stereocenters. The van der Waals surface area contributed by atoms with Gasteiger partial charge in [0.2, 0.25) is 5.95 Å². The normalized spacial score (nSPS) is 23.2. The number of hydrogen-bond donors (Lipinski definition) is 1. The van der Waals surface area contributed by atoms with Gasteiger partial charge in [-0.15, -0.1) is 0 Å². The molecular formula is C20H31N5O. The van der Waals surface area contributed by atoms with Gasteiger partial charge in [-0.1, -0.05) is 25.5 Å². The first kappa shape index (κ1) is 18.8. The fourth-order valence-electron chi connectivity index (χ4n) is 3.92. The summed E-state index contributed by atoms with van der Waals surface area (Å²) in [6.07, 6.45) is 4.64. The van der Waals surface area contributed by atoms with Crippen molar-refractivity contribution in [3.05, 3.63) is 29.1 Å². The number of rotatable bonds is 4. The molecule has 0 spiro atoms. The van der Waals surface area contributed by atoms with Gasteiger partial charge < -0.3 is 10.6 Å². The quantitative estimate of drug-likeness (QED) is 0.839. The Morgan fingerprint density at radius 1 is 1.27 bits per heavy atom. The Morgan fingerprint density at radius 3 is 2.73 bits per heavy atom. The van der Waals surface area contributed by atoms with Gasteiger partial charge in [0.1, 0.15) is 5.69 Å². The lowest BCUT2D eigenvalue weighted by Crippen LogP contribution is -2.44. The Bertz CT molecular complexity index is 695. The topological polar surface area (TPSA) is 75.3 Å². The lowest BCUT2D eigenvalue weighted by molar-refractivity contribution is 0.0734. The van der Waals surface area contributed by atoms with E-state index in [1.165, 1.54) is 12.0 Å². The molecule has 3 saturated heterocycles. The third-order valence-electron chi connectivity index (χ3n) is 5.42. The Kier molecular flexibility index (Phi) is 5.61. The molecule has 1 aromatic heterocycles. The van der Waals surface area contributed by atoms with Crippen LogP contribution in [-0.2, 0) is 0 Å². The van der Waals surface area contributed by atoms with Gasteiger partial charge in [0.15, 0.2) is 0 Å². The van der Waals surface area contributed by atoms with Crippen molar-refractivity contribution in [2.75, 3.05) is 31.9 Å². The Hall–Kier alpha value is -1.95. The van der Waals surface area contributed by atoms with E-state index in [9.17, 15) is 4.79 Å². The second-order valence-corrected chi connectivity index (χ2v) is 8.23. The summed E-state index contributed by atoms with van der Waals surface area (Å²) in [4.78, 5) is 26.1. The van der Waals surface area contributed by atoms with Gasteiger partial charge in [-0.25, -0.2) is 9.97 Å². The smallest absolute Gasteiger partial charge is 0.272 e. The summed E-state index contributed by atoms with van der Waals surface area (Å²) in [5.41, 5.74) is 8.44. The van der Waals surface area contributed by atoms with Crippen molar-refractivity contribution in [3.63, 3.8) is 0 Å². The molecule has 4 heterocycles. The van der Waals surface area contributed by atoms with Crippen LogP contribution in [0, 0.1) is 5.92 Å². The highest BCUT2D eigenvalue weighted by Crippen LogP contribution is 2.29. The monoisotopic (exact) mass is 357 g/mol. The minimum atomic E-state index is -0.0121. The molecule has 2 bridgehead atoms. The van der Waals surface area contributed by atoms with Crippen molar-refractivity contribution in [1.82, 2.24) is 19.8 Å².